The zero-order valence-electron chi connectivity index (χ0n) is 10.5. The lowest BCUT2D eigenvalue weighted by molar-refractivity contribution is 0.787. The molecule has 19 heavy (non-hydrogen) atoms. The van der Waals surface area contributed by atoms with Crippen molar-refractivity contribution in [2.75, 3.05) is 6.54 Å². The fourth-order valence-electron chi connectivity index (χ4n) is 1.85. The maximum atomic E-state index is 11.6. The van der Waals surface area contributed by atoms with Gasteiger partial charge in [0, 0.05) is 23.2 Å². The SMILES string of the molecule is NCCCc1cc(=O)[nH]c(Cc2ccc(Cl)cc2)n1. The molecule has 0 fully saturated rings. The molecule has 0 bridgehead atoms. The molecule has 1 aromatic heterocycles. The van der Waals surface area contributed by atoms with Gasteiger partial charge in [0.05, 0.1) is 0 Å². The topological polar surface area (TPSA) is 71.8 Å². The van der Waals surface area contributed by atoms with Crippen molar-refractivity contribution in [2.45, 2.75) is 19.3 Å². The van der Waals surface area contributed by atoms with Gasteiger partial charge in [0.15, 0.2) is 0 Å². The molecule has 0 amide bonds. The van der Waals surface area contributed by atoms with Crippen molar-refractivity contribution in [2.24, 2.45) is 5.73 Å². The second-order valence-corrected chi connectivity index (χ2v) is 4.82. The van der Waals surface area contributed by atoms with Gasteiger partial charge >= 0.3 is 0 Å². The number of aromatic amines is 1. The normalized spacial score (nSPS) is 10.6. The largest absolute Gasteiger partial charge is 0.330 e. The van der Waals surface area contributed by atoms with Gasteiger partial charge in [-0.1, -0.05) is 23.7 Å². The van der Waals surface area contributed by atoms with E-state index >= 15 is 0 Å². The first kappa shape index (κ1) is 13.8. The summed E-state index contributed by atoms with van der Waals surface area (Å²) < 4.78 is 0. The van der Waals surface area contributed by atoms with Crippen molar-refractivity contribution in [3.63, 3.8) is 0 Å². The van der Waals surface area contributed by atoms with Crippen LogP contribution < -0.4 is 11.3 Å². The van der Waals surface area contributed by atoms with Gasteiger partial charge in [-0.15, -0.1) is 0 Å². The molecule has 1 heterocycles. The summed E-state index contributed by atoms with van der Waals surface area (Å²) in [5, 5.41) is 0.696. The summed E-state index contributed by atoms with van der Waals surface area (Å²) in [6, 6.07) is 9.03. The highest BCUT2D eigenvalue weighted by molar-refractivity contribution is 6.30. The molecular weight excluding hydrogens is 262 g/mol. The van der Waals surface area contributed by atoms with Crippen LogP contribution in [0.25, 0.3) is 0 Å². The van der Waals surface area contributed by atoms with Crippen LogP contribution in [0.1, 0.15) is 23.5 Å². The highest BCUT2D eigenvalue weighted by atomic mass is 35.5. The molecule has 2 rings (SSSR count). The van der Waals surface area contributed by atoms with E-state index in [1.165, 1.54) is 6.07 Å². The van der Waals surface area contributed by atoms with E-state index < -0.39 is 0 Å². The van der Waals surface area contributed by atoms with Crippen LogP contribution in [0.2, 0.25) is 5.02 Å². The predicted octanol–water partition coefficient (Wildman–Crippen LogP) is 1.91. The summed E-state index contributed by atoms with van der Waals surface area (Å²) in [5.41, 5.74) is 7.19. The minimum absolute atomic E-state index is 0.119. The fraction of sp³-hybridized carbons (Fsp3) is 0.286. The van der Waals surface area contributed by atoms with Gasteiger partial charge in [-0.05, 0) is 37.1 Å². The van der Waals surface area contributed by atoms with Gasteiger partial charge in [0.2, 0.25) is 0 Å². The molecule has 4 nitrogen and oxygen atoms in total. The number of hydrogen-bond acceptors (Lipinski definition) is 3. The van der Waals surface area contributed by atoms with Crippen molar-refractivity contribution >= 4 is 11.6 Å². The Labute approximate surface area is 116 Å². The van der Waals surface area contributed by atoms with Crippen molar-refractivity contribution in [3.05, 3.63) is 62.8 Å². The molecule has 0 aliphatic carbocycles. The fourth-order valence-corrected chi connectivity index (χ4v) is 1.98. The number of benzene rings is 1. The van der Waals surface area contributed by atoms with E-state index in [-0.39, 0.29) is 5.56 Å². The smallest absolute Gasteiger partial charge is 0.251 e. The third-order valence-corrected chi connectivity index (χ3v) is 3.02. The van der Waals surface area contributed by atoms with Crippen LogP contribution in [0.3, 0.4) is 0 Å². The Kier molecular flexibility index (Phi) is 4.71. The first-order valence-corrected chi connectivity index (χ1v) is 6.59. The summed E-state index contributed by atoms with van der Waals surface area (Å²) in [6.07, 6.45) is 2.15. The molecule has 1 aromatic carbocycles. The second-order valence-electron chi connectivity index (χ2n) is 4.38. The Bertz CT molecular complexity index is 592. The molecule has 0 saturated heterocycles. The lowest BCUT2D eigenvalue weighted by Crippen LogP contribution is -2.14. The summed E-state index contributed by atoms with van der Waals surface area (Å²) in [6.45, 7) is 0.598. The van der Waals surface area contributed by atoms with Crippen LogP contribution in [-0.2, 0) is 12.8 Å². The highest BCUT2D eigenvalue weighted by Crippen LogP contribution is 2.11. The van der Waals surface area contributed by atoms with Gasteiger partial charge in [-0.3, -0.25) is 4.79 Å². The van der Waals surface area contributed by atoms with E-state index in [2.05, 4.69) is 9.97 Å². The van der Waals surface area contributed by atoms with E-state index in [0.717, 1.165) is 24.1 Å². The van der Waals surface area contributed by atoms with Crippen molar-refractivity contribution < 1.29 is 0 Å². The first-order valence-electron chi connectivity index (χ1n) is 6.21. The molecule has 3 N–H and O–H groups in total. The molecule has 0 aliphatic heterocycles. The maximum Gasteiger partial charge on any atom is 0.251 e. The lowest BCUT2D eigenvalue weighted by Gasteiger charge is -2.04. The number of nitrogens with two attached hydrogens (primary N) is 1. The van der Waals surface area contributed by atoms with Crippen molar-refractivity contribution in [3.8, 4) is 0 Å². The summed E-state index contributed by atoms with van der Waals surface area (Å²) in [4.78, 5) is 18.8. The third-order valence-electron chi connectivity index (χ3n) is 2.77. The molecule has 0 spiro atoms. The average Bonchev–Trinajstić information content (AvgIpc) is 2.38. The summed E-state index contributed by atoms with van der Waals surface area (Å²) in [7, 11) is 0. The highest BCUT2D eigenvalue weighted by Gasteiger charge is 2.03. The van der Waals surface area contributed by atoms with Crippen molar-refractivity contribution in [1.82, 2.24) is 9.97 Å². The second kappa shape index (κ2) is 6.50. The Morgan fingerprint density at radius 1 is 1.26 bits per heavy atom. The van der Waals surface area contributed by atoms with Crippen LogP contribution in [0.5, 0.6) is 0 Å². The van der Waals surface area contributed by atoms with Crippen LogP contribution >= 0.6 is 11.6 Å². The molecular formula is C14H16ClN3O. The van der Waals surface area contributed by atoms with Gasteiger partial charge in [0.25, 0.3) is 5.56 Å². The zero-order valence-corrected chi connectivity index (χ0v) is 11.3. The number of H-pyrrole nitrogens is 1. The average molecular weight is 278 g/mol. The number of nitrogens with zero attached hydrogens (tertiary/aromatic N) is 1. The van der Waals surface area contributed by atoms with E-state index in [4.69, 9.17) is 17.3 Å². The van der Waals surface area contributed by atoms with Gasteiger partial charge in [-0.25, -0.2) is 4.98 Å². The summed E-state index contributed by atoms with van der Waals surface area (Å²) >= 11 is 5.84. The van der Waals surface area contributed by atoms with Crippen LogP contribution in [0.15, 0.2) is 35.1 Å². The molecule has 5 heteroatoms. The van der Waals surface area contributed by atoms with Crippen LogP contribution in [0.4, 0.5) is 0 Å². The first-order chi connectivity index (χ1) is 9.17. The molecule has 100 valence electrons. The Hall–Kier alpha value is -1.65. The minimum Gasteiger partial charge on any atom is -0.330 e. The summed E-state index contributed by atoms with van der Waals surface area (Å²) in [5.74, 6) is 0.668. The number of aryl methyl sites for hydroxylation is 1. The van der Waals surface area contributed by atoms with E-state index in [9.17, 15) is 4.79 Å². The van der Waals surface area contributed by atoms with Crippen LogP contribution in [0, 0.1) is 0 Å². The number of aromatic nitrogens is 2. The molecule has 0 unspecified atom stereocenters. The number of nitrogens with one attached hydrogen (secondary N) is 1. The molecule has 0 radical (unpaired) electrons. The Balaban J connectivity index is 2.17. The Morgan fingerprint density at radius 2 is 2.00 bits per heavy atom. The quantitative estimate of drug-likeness (QED) is 0.877. The predicted molar refractivity (Wildman–Crippen MR) is 76.5 cm³/mol. The number of hydrogen-bond donors (Lipinski definition) is 2. The van der Waals surface area contributed by atoms with Gasteiger partial charge in [-0.2, -0.15) is 0 Å². The van der Waals surface area contributed by atoms with E-state index in [1.54, 1.807) is 0 Å². The van der Waals surface area contributed by atoms with Gasteiger partial charge in [0.1, 0.15) is 5.82 Å². The van der Waals surface area contributed by atoms with Gasteiger partial charge < -0.3 is 10.7 Å². The van der Waals surface area contributed by atoms with E-state index in [1.807, 2.05) is 24.3 Å². The van der Waals surface area contributed by atoms with Crippen molar-refractivity contribution in [1.29, 1.82) is 0 Å². The molecule has 0 saturated carbocycles. The number of rotatable bonds is 5. The Morgan fingerprint density at radius 3 is 2.68 bits per heavy atom. The molecule has 0 atom stereocenters. The lowest BCUT2D eigenvalue weighted by atomic mass is 10.1. The molecule has 2 aromatic rings. The standard InChI is InChI=1S/C14H16ClN3O/c15-11-5-3-10(4-6-11)8-13-17-12(2-1-7-16)9-14(19)18-13/h3-6,9H,1-2,7-8,16H2,(H,17,18,19). The van der Waals surface area contributed by atoms with E-state index in [0.29, 0.717) is 23.8 Å². The third kappa shape index (κ3) is 4.19. The van der Waals surface area contributed by atoms with Crippen LogP contribution in [-0.4, -0.2) is 16.5 Å². The zero-order chi connectivity index (χ0) is 13.7. The monoisotopic (exact) mass is 277 g/mol. The maximum absolute atomic E-state index is 11.6. The number of halogens is 1. The minimum atomic E-state index is -0.119. The molecule has 0 aliphatic rings.